The van der Waals surface area contributed by atoms with Crippen molar-refractivity contribution < 1.29 is 56.8 Å². The van der Waals surface area contributed by atoms with E-state index in [-0.39, 0.29) is 19.4 Å². The highest BCUT2D eigenvalue weighted by molar-refractivity contribution is 7.85. The summed E-state index contributed by atoms with van der Waals surface area (Å²) in [5.41, 5.74) is 0. The molecule has 1 aliphatic rings. The van der Waals surface area contributed by atoms with E-state index in [0.29, 0.717) is 12.8 Å². The number of aliphatic hydroxyl groups is 3. The topological polar surface area (TPSA) is 186 Å². The largest absolute Gasteiger partial charge is 0.462 e. The Hall–Kier alpha value is -2.91. The van der Waals surface area contributed by atoms with E-state index in [2.05, 4.69) is 62.5 Å². The average molecular weight is 853 g/mol. The van der Waals surface area contributed by atoms with Crippen molar-refractivity contribution in [2.45, 2.75) is 185 Å². The number of carbonyl (C=O) groups is 2. The second-order valence-corrected chi connectivity index (χ2v) is 16.5. The highest BCUT2D eigenvalue weighted by atomic mass is 32.2. The van der Waals surface area contributed by atoms with Crippen molar-refractivity contribution in [3.63, 3.8) is 0 Å². The van der Waals surface area contributed by atoms with Gasteiger partial charge >= 0.3 is 11.9 Å². The Labute approximate surface area is 355 Å². The molecular weight excluding hydrogens is 777 g/mol. The lowest BCUT2D eigenvalue weighted by Crippen LogP contribution is -2.60. The summed E-state index contributed by atoms with van der Waals surface area (Å²) >= 11 is 0. The number of hydrogen-bond donors (Lipinski definition) is 4. The summed E-state index contributed by atoms with van der Waals surface area (Å²) < 4.78 is 53.9. The summed E-state index contributed by atoms with van der Waals surface area (Å²) in [6, 6.07) is 0. The number of esters is 2. The molecule has 0 radical (unpaired) electrons. The molecule has 1 heterocycles. The molecule has 1 rings (SSSR count). The standard InChI is InChI=1S/C46H76O12S/c1-3-5-7-9-11-13-15-17-19-21-22-24-26-28-30-32-34-41(47)55-36-39(37-56-46-45(51)44(50)43(49)40(58-46)38-59(52,53)54)57-42(48)35-33-31-29-27-25-23-20-18-16-14-12-10-8-6-4-2/h6,8,12,14,18-21,25,27,31,33,39-40,43-46,49-51H,3-5,7,9-11,13,15-17,22-24,26,28-30,32,34-38H2,1-2H3,(H,52,53,54)/b8-6-,14-12-,20-18-,21-19-,27-25-,33-31-. The lowest BCUT2D eigenvalue weighted by atomic mass is 10.00. The van der Waals surface area contributed by atoms with Crippen molar-refractivity contribution in [3.05, 3.63) is 72.9 Å². The fraction of sp³-hybridized carbons (Fsp3) is 0.696. The van der Waals surface area contributed by atoms with Crippen molar-refractivity contribution in [3.8, 4) is 0 Å². The van der Waals surface area contributed by atoms with Gasteiger partial charge in [0.1, 0.15) is 36.8 Å². The van der Waals surface area contributed by atoms with E-state index in [4.69, 9.17) is 18.9 Å². The molecule has 6 unspecified atom stereocenters. The second kappa shape index (κ2) is 35.8. The van der Waals surface area contributed by atoms with Crippen LogP contribution in [-0.4, -0.2) is 96.0 Å². The van der Waals surface area contributed by atoms with E-state index in [1.165, 1.54) is 44.9 Å². The minimum Gasteiger partial charge on any atom is -0.462 e. The lowest BCUT2D eigenvalue weighted by molar-refractivity contribution is -0.297. The Bertz CT molecular complexity index is 1370. The van der Waals surface area contributed by atoms with Crippen LogP contribution in [0.4, 0.5) is 0 Å². The van der Waals surface area contributed by atoms with Crippen LogP contribution in [0.5, 0.6) is 0 Å². The molecule has 12 nitrogen and oxygen atoms in total. The van der Waals surface area contributed by atoms with Gasteiger partial charge in [-0.15, -0.1) is 0 Å². The first-order valence-corrected chi connectivity index (χ1v) is 23.6. The van der Waals surface area contributed by atoms with Gasteiger partial charge in [-0.3, -0.25) is 14.1 Å². The van der Waals surface area contributed by atoms with Crippen LogP contribution in [0.25, 0.3) is 0 Å². The van der Waals surface area contributed by atoms with Crippen LogP contribution >= 0.6 is 0 Å². The number of unbranched alkanes of at least 4 members (excludes halogenated alkanes) is 12. The van der Waals surface area contributed by atoms with E-state index in [9.17, 15) is 37.9 Å². The number of carbonyl (C=O) groups excluding carboxylic acids is 2. The Morgan fingerprint density at radius 1 is 0.610 bits per heavy atom. The summed E-state index contributed by atoms with van der Waals surface area (Å²) in [7, 11) is -4.62. The van der Waals surface area contributed by atoms with Gasteiger partial charge in [0.2, 0.25) is 0 Å². The lowest BCUT2D eigenvalue weighted by Gasteiger charge is -2.40. The molecule has 0 aromatic rings. The quantitative estimate of drug-likeness (QED) is 0.0206. The number of allylic oxidation sites excluding steroid dienone is 11. The highest BCUT2D eigenvalue weighted by Gasteiger charge is 2.46. The minimum atomic E-state index is -4.62. The summed E-state index contributed by atoms with van der Waals surface area (Å²) in [5, 5.41) is 30.8. The molecule has 0 bridgehead atoms. The molecule has 1 aliphatic heterocycles. The van der Waals surface area contributed by atoms with Gasteiger partial charge in [-0.05, 0) is 64.2 Å². The molecule has 1 fully saturated rings. The first-order valence-electron chi connectivity index (χ1n) is 22.0. The molecule has 4 N–H and O–H groups in total. The van der Waals surface area contributed by atoms with Crippen molar-refractivity contribution in [1.82, 2.24) is 0 Å². The van der Waals surface area contributed by atoms with E-state index < -0.39 is 71.2 Å². The summed E-state index contributed by atoms with van der Waals surface area (Å²) in [5.74, 6) is -2.16. The van der Waals surface area contributed by atoms with Gasteiger partial charge in [-0.1, -0.05) is 145 Å². The molecule has 1 saturated heterocycles. The normalized spacial score (nSPS) is 20.9. The van der Waals surface area contributed by atoms with Crippen molar-refractivity contribution in [2.75, 3.05) is 19.0 Å². The smallest absolute Gasteiger partial charge is 0.310 e. The molecule has 338 valence electrons. The van der Waals surface area contributed by atoms with Crippen molar-refractivity contribution >= 4 is 22.1 Å². The molecule has 0 aromatic heterocycles. The summed E-state index contributed by atoms with van der Waals surface area (Å²) in [6.45, 7) is 3.54. The van der Waals surface area contributed by atoms with Crippen LogP contribution < -0.4 is 0 Å². The third kappa shape index (κ3) is 30.7. The third-order valence-corrected chi connectivity index (χ3v) is 10.3. The molecule has 13 heteroatoms. The SMILES string of the molecule is CC/C=C\C/C=C\C/C=C\C/C=C\C/C=C\CC(=O)OC(COC(=O)CCCCCCC/C=C\CCCCCCCCC)COC1OC(CS(=O)(=O)O)C(O)C(O)C1O. The Morgan fingerprint density at radius 3 is 1.66 bits per heavy atom. The highest BCUT2D eigenvalue weighted by Crippen LogP contribution is 2.24. The number of hydrogen-bond acceptors (Lipinski definition) is 11. The fourth-order valence-electron chi connectivity index (χ4n) is 6.16. The molecule has 6 atom stereocenters. The van der Waals surface area contributed by atoms with E-state index in [1.54, 1.807) is 6.08 Å². The number of rotatable bonds is 35. The second-order valence-electron chi connectivity index (χ2n) is 15.0. The predicted octanol–water partition coefficient (Wildman–Crippen LogP) is 8.72. The molecule has 0 saturated carbocycles. The van der Waals surface area contributed by atoms with E-state index in [0.717, 1.165) is 64.2 Å². The first-order chi connectivity index (χ1) is 28.5. The first kappa shape index (κ1) is 54.1. The zero-order valence-electron chi connectivity index (χ0n) is 35.8. The molecule has 0 aromatic carbocycles. The number of ether oxygens (including phenoxy) is 4. The van der Waals surface area contributed by atoms with Gasteiger partial charge in [0, 0.05) is 6.42 Å². The Morgan fingerprint density at radius 2 is 1.12 bits per heavy atom. The zero-order valence-corrected chi connectivity index (χ0v) is 36.6. The van der Waals surface area contributed by atoms with Gasteiger partial charge in [-0.25, -0.2) is 0 Å². The maximum atomic E-state index is 12.7. The van der Waals surface area contributed by atoms with Crippen LogP contribution in [0.2, 0.25) is 0 Å². The minimum absolute atomic E-state index is 0.0726. The van der Waals surface area contributed by atoms with E-state index >= 15 is 0 Å². The molecule has 0 aliphatic carbocycles. The molecule has 59 heavy (non-hydrogen) atoms. The average Bonchev–Trinajstić information content (AvgIpc) is 3.20. The zero-order chi connectivity index (χ0) is 43.4. The maximum Gasteiger partial charge on any atom is 0.310 e. The Balaban J connectivity index is 2.53. The van der Waals surface area contributed by atoms with Crippen LogP contribution in [0.15, 0.2) is 72.9 Å². The molecular formula is C46H76O12S. The van der Waals surface area contributed by atoms with Crippen LogP contribution in [0, 0.1) is 0 Å². The maximum absolute atomic E-state index is 12.7. The summed E-state index contributed by atoms with van der Waals surface area (Å²) in [6.07, 6.45) is 35.5. The van der Waals surface area contributed by atoms with Gasteiger partial charge < -0.3 is 34.3 Å². The molecule has 0 spiro atoms. The van der Waals surface area contributed by atoms with Gasteiger partial charge in [0.15, 0.2) is 12.4 Å². The fourth-order valence-corrected chi connectivity index (χ4v) is 6.85. The van der Waals surface area contributed by atoms with Crippen LogP contribution in [-0.2, 0) is 38.7 Å². The predicted molar refractivity (Wildman–Crippen MR) is 233 cm³/mol. The van der Waals surface area contributed by atoms with Gasteiger partial charge in [0.25, 0.3) is 10.1 Å². The number of aliphatic hydroxyl groups excluding tert-OH is 3. The monoisotopic (exact) mass is 853 g/mol. The van der Waals surface area contributed by atoms with Crippen molar-refractivity contribution in [1.29, 1.82) is 0 Å². The van der Waals surface area contributed by atoms with Crippen molar-refractivity contribution in [2.24, 2.45) is 0 Å². The molecule has 0 amide bonds. The van der Waals surface area contributed by atoms with Gasteiger partial charge in [-0.2, -0.15) is 8.42 Å². The van der Waals surface area contributed by atoms with Crippen LogP contribution in [0.1, 0.15) is 149 Å². The summed E-state index contributed by atoms with van der Waals surface area (Å²) in [4.78, 5) is 25.3. The third-order valence-electron chi connectivity index (χ3n) is 9.55. The van der Waals surface area contributed by atoms with E-state index in [1.807, 2.05) is 18.2 Å². The van der Waals surface area contributed by atoms with Crippen LogP contribution in [0.3, 0.4) is 0 Å². The van der Waals surface area contributed by atoms with Gasteiger partial charge in [0.05, 0.1) is 13.0 Å². The Kier molecular flexibility index (Phi) is 32.8.